The van der Waals surface area contributed by atoms with Gasteiger partial charge in [-0.25, -0.2) is 0 Å². The predicted octanol–water partition coefficient (Wildman–Crippen LogP) is 2.55. The van der Waals surface area contributed by atoms with E-state index in [9.17, 15) is 0 Å². The van der Waals surface area contributed by atoms with Gasteiger partial charge in [0.25, 0.3) is 0 Å². The average molecular weight is 240 g/mol. The van der Waals surface area contributed by atoms with E-state index in [1.54, 1.807) is 11.8 Å². The molecule has 1 aliphatic rings. The SMILES string of the molecule is CSc1cc(C(C)(C)C)n(CC2COC2)n1. The number of hydrogen-bond acceptors (Lipinski definition) is 3. The highest BCUT2D eigenvalue weighted by molar-refractivity contribution is 7.98. The van der Waals surface area contributed by atoms with Crippen LogP contribution in [0.4, 0.5) is 0 Å². The van der Waals surface area contributed by atoms with E-state index in [4.69, 9.17) is 4.74 Å². The highest BCUT2D eigenvalue weighted by Gasteiger charge is 2.25. The van der Waals surface area contributed by atoms with Crippen LogP contribution in [0.2, 0.25) is 0 Å². The number of hydrogen-bond donors (Lipinski definition) is 0. The van der Waals surface area contributed by atoms with Crippen LogP contribution in [0, 0.1) is 5.92 Å². The van der Waals surface area contributed by atoms with Gasteiger partial charge in [0.05, 0.1) is 13.2 Å². The Kier molecular flexibility index (Phi) is 3.31. The fraction of sp³-hybridized carbons (Fsp3) is 0.750. The van der Waals surface area contributed by atoms with E-state index in [-0.39, 0.29) is 5.41 Å². The van der Waals surface area contributed by atoms with E-state index >= 15 is 0 Å². The Hall–Kier alpha value is -0.480. The summed E-state index contributed by atoms with van der Waals surface area (Å²) in [6, 6.07) is 2.21. The minimum atomic E-state index is 0.158. The molecule has 90 valence electrons. The summed E-state index contributed by atoms with van der Waals surface area (Å²) in [5.41, 5.74) is 1.48. The summed E-state index contributed by atoms with van der Waals surface area (Å²) in [5.74, 6) is 0.649. The first-order valence-corrected chi connectivity index (χ1v) is 6.93. The van der Waals surface area contributed by atoms with Crippen molar-refractivity contribution in [1.29, 1.82) is 0 Å². The fourth-order valence-electron chi connectivity index (χ4n) is 1.87. The molecule has 0 aromatic carbocycles. The highest BCUT2D eigenvalue weighted by atomic mass is 32.2. The summed E-state index contributed by atoms with van der Waals surface area (Å²) in [6.45, 7) is 9.48. The lowest BCUT2D eigenvalue weighted by Crippen LogP contribution is -2.33. The van der Waals surface area contributed by atoms with Crippen molar-refractivity contribution in [1.82, 2.24) is 9.78 Å². The van der Waals surface area contributed by atoms with Crippen molar-refractivity contribution in [3.63, 3.8) is 0 Å². The first-order valence-electron chi connectivity index (χ1n) is 5.71. The monoisotopic (exact) mass is 240 g/mol. The third kappa shape index (κ3) is 2.43. The van der Waals surface area contributed by atoms with Crippen LogP contribution in [0.5, 0.6) is 0 Å². The normalized spacial score (nSPS) is 17.5. The molecule has 4 heteroatoms. The van der Waals surface area contributed by atoms with E-state index in [1.165, 1.54) is 5.69 Å². The first kappa shape index (κ1) is 12.0. The molecule has 1 aromatic rings. The zero-order valence-corrected chi connectivity index (χ0v) is 11.3. The molecule has 1 saturated heterocycles. The zero-order valence-electron chi connectivity index (χ0n) is 10.5. The van der Waals surface area contributed by atoms with Gasteiger partial charge in [0.2, 0.25) is 0 Å². The van der Waals surface area contributed by atoms with Crippen molar-refractivity contribution >= 4 is 11.8 Å². The topological polar surface area (TPSA) is 27.1 Å². The summed E-state index contributed by atoms with van der Waals surface area (Å²) >= 11 is 1.71. The van der Waals surface area contributed by atoms with Gasteiger partial charge in [-0.15, -0.1) is 11.8 Å². The first-order chi connectivity index (χ1) is 7.50. The smallest absolute Gasteiger partial charge is 0.118 e. The van der Waals surface area contributed by atoms with Crippen LogP contribution in [-0.2, 0) is 16.7 Å². The molecule has 0 unspecified atom stereocenters. The van der Waals surface area contributed by atoms with Gasteiger partial charge >= 0.3 is 0 Å². The third-order valence-corrected chi connectivity index (χ3v) is 3.49. The summed E-state index contributed by atoms with van der Waals surface area (Å²) in [4.78, 5) is 0. The van der Waals surface area contributed by atoms with Gasteiger partial charge in [-0.3, -0.25) is 4.68 Å². The number of aromatic nitrogens is 2. The lowest BCUT2D eigenvalue weighted by Gasteiger charge is -2.28. The van der Waals surface area contributed by atoms with Crippen LogP contribution in [0.15, 0.2) is 11.1 Å². The predicted molar refractivity (Wildman–Crippen MR) is 67.0 cm³/mol. The maximum atomic E-state index is 5.22. The molecule has 0 aliphatic carbocycles. The standard InChI is InChI=1S/C12H20N2OS/c1-12(2,3)10-5-11(16-4)13-14(10)6-9-7-15-8-9/h5,9H,6-8H2,1-4H3. The largest absolute Gasteiger partial charge is 0.381 e. The lowest BCUT2D eigenvalue weighted by atomic mass is 9.92. The minimum Gasteiger partial charge on any atom is -0.381 e. The Bertz CT molecular complexity index is 364. The lowest BCUT2D eigenvalue weighted by molar-refractivity contribution is -0.0415. The van der Waals surface area contributed by atoms with Gasteiger partial charge in [0, 0.05) is 23.6 Å². The van der Waals surface area contributed by atoms with Gasteiger partial charge in [-0.1, -0.05) is 20.8 Å². The zero-order chi connectivity index (χ0) is 11.8. The molecule has 3 nitrogen and oxygen atoms in total. The summed E-state index contributed by atoms with van der Waals surface area (Å²) in [6.07, 6.45) is 2.07. The number of rotatable bonds is 3. The van der Waals surface area contributed by atoms with E-state index in [0.717, 1.165) is 24.8 Å². The summed E-state index contributed by atoms with van der Waals surface area (Å²) < 4.78 is 7.39. The van der Waals surface area contributed by atoms with Crippen LogP contribution in [0.25, 0.3) is 0 Å². The Morgan fingerprint density at radius 3 is 2.62 bits per heavy atom. The quantitative estimate of drug-likeness (QED) is 0.760. The van der Waals surface area contributed by atoms with Crippen molar-refractivity contribution in [2.24, 2.45) is 5.92 Å². The van der Waals surface area contributed by atoms with E-state index in [2.05, 4.69) is 42.9 Å². The number of ether oxygens (including phenoxy) is 1. The molecule has 1 fully saturated rings. The van der Waals surface area contributed by atoms with Crippen LogP contribution in [0.3, 0.4) is 0 Å². The Balaban J connectivity index is 2.22. The van der Waals surface area contributed by atoms with Crippen LogP contribution >= 0.6 is 11.8 Å². The maximum Gasteiger partial charge on any atom is 0.118 e. The molecular formula is C12H20N2OS. The number of thioether (sulfide) groups is 1. The summed E-state index contributed by atoms with van der Waals surface area (Å²) in [5, 5.41) is 5.76. The average Bonchev–Trinajstić information content (AvgIpc) is 2.53. The molecule has 16 heavy (non-hydrogen) atoms. The van der Waals surface area contributed by atoms with Gasteiger partial charge < -0.3 is 4.74 Å². The minimum absolute atomic E-state index is 0.158. The van der Waals surface area contributed by atoms with Crippen LogP contribution in [-0.4, -0.2) is 29.3 Å². The van der Waals surface area contributed by atoms with Gasteiger partial charge in [0.15, 0.2) is 0 Å². The molecule has 2 rings (SSSR count). The van der Waals surface area contributed by atoms with Crippen LogP contribution in [0.1, 0.15) is 26.5 Å². The molecule has 0 atom stereocenters. The molecule has 0 N–H and O–H groups in total. The third-order valence-electron chi connectivity index (χ3n) is 2.87. The molecule has 0 spiro atoms. The Labute approximate surface area is 102 Å². The van der Waals surface area contributed by atoms with Gasteiger partial charge in [-0.2, -0.15) is 5.10 Å². The van der Waals surface area contributed by atoms with Gasteiger partial charge in [0.1, 0.15) is 5.03 Å². The molecule has 0 radical (unpaired) electrons. The van der Waals surface area contributed by atoms with E-state index in [1.807, 2.05) is 0 Å². The molecular weight excluding hydrogens is 220 g/mol. The molecule has 1 aromatic heterocycles. The summed E-state index contributed by atoms with van der Waals surface area (Å²) in [7, 11) is 0. The van der Waals surface area contributed by atoms with Crippen molar-refractivity contribution in [3.05, 3.63) is 11.8 Å². The Morgan fingerprint density at radius 1 is 1.50 bits per heavy atom. The van der Waals surface area contributed by atoms with Crippen molar-refractivity contribution in [2.75, 3.05) is 19.5 Å². The molecule has 0 saturated carbocycles. The fourth-order valence-corrected chi connectivity index (χ4v) is 2.28. The molecule has 2 heterocycles. The van der Waals surface area contributed by atoms with Crippen molar-refractivity contribution in [3.8, 4) is 0 Å². The second-order valence-electron chi connectivity index (χ2n) is 5.41. The Morgan fingerprint density at radius 2 is 2.19 bits per heavy atom. The van der Waals surface area contributed by atoms with E-state index in [0.29, 0.717) is 5.92 Å². The second-order valence-corrected chi connectivity index (χ2v) is 6.23. The molecule has 1 aliphatic heterocycles. The second kappa shape index (κ2) is 4.41. The molecule has 0 amide bonds. The van der Waals surface area contributed by atoms with Gasteiger partial charge in [-0.05, 0) is 12.3 Å². The van der Waals surface area contributed by atoms with Crippen molar-refractivity contribution in [2.45, 2.75) is 37.8 Å². The van der Waals surface area contributed by atoms with Crippen molar-refractivity contribution < 1.29 is 4.74 Å². The molecule has 0 bridgehead atoms. The number of nitrogens with zero attached hydrogens (tertiary/aromatic N) is 2. The van der Waals surface area contributed by atoms with E-state index < -0.39 is 0 Å². The maximum absolute atomic E-state index is 5.22. The van der Waals surface area contributed by atoms with Crippen LogP contribution < -0.4 is 0 Å². The highest BCUT2D eigenvalue weighted by Crippen LogP contribution is 2.27.